The van der Waals surface area contributed by atoms with Gasteiger partial charge in [0.05, 0.1) is 12.5 Å². The molecule has 0 saturated carbocycles. The second kappa shape index (κ2) is 7.36. The first-order chi connectivity index (χ1) is 11.6. The molecule has 0 unspecified atom stereocenters. The molecule has 5 heteroatoms. The lowest BCUT2D eigenvalue weighted by Crippen LogP contribution is -2.35. The predicted octanol–water partition coefficient (Wildman–Crippen LogP) is 2.38. The molecule has 0 saturated heterocycles. The summed E-state index contributed by atoms with van der Waals surface area (Å²) in [7, 11) is 4.00. The zero-order valence-corrected chi connectivity index (χ0v) is 14.0. The SMILES string of the molecule is CN(C)[C@@H](CNC(=O)Cc1ccccc1)c1ccc2c(c1)OCO2. The summed E-state index contributed by atoms with van der Waals surface area (Å²) in [5.41, 5.74) is 2.10. The van der Waals surface area contributed by atoms with Crippen molar-refractivity contribution in [2.24, 2.45) is 0 Å². The van der Waals surface area contributed by atoms with Crippen LogP contribution in [0.25, 0.3) is 0 Å². The van der Waals surface area contributed by atoms with Crippen molar-refractivity contribution in [2.75, 3.05) is 27.4 Å². The van der Waals surface area contributed by atoms with Crippen LogP contribution in [0.2, 0.25) is 0 Å². The van der Waals surface area contributed by atoms with Crippen molar-refractivity contribution in [3.8, 4) is 11.5 Å². The minimum atomic E-state index is 0.0220. The van der Waals surface area contributed by atoms with E-state index in [9.17, 15) is 4.79 Å². The van der Waals surface area contributed by atoms with Crippen LogP contribution < -0.4 is 14.8 Å². The van der Waals surface area contributed by atoms with Crippen LogP contribution in [0, 0.1) is 0 Å². The van der Waals surface area contributed by atoms with Crippen LogP contribution in [0.15, 0.2) is 48.5 Å². The molecule has 0 radical (unpaired) electrons. The number of hydrogen-bond donors (Lipinski definition) is 1. The standard InChI is InChI=1S/C19H22N2O3/c1-21(2)16(15-8-9-17-18(11-15)24-13-23-17)12-20-19(22)10-14-6-4-3-5-7-14/h3-9,11,16H,10,12-13H2,1-2H3,(H,20,22)/t16-/m0/s1. The molecular weight excluding hydrogens is 304 g/mol. The summed E-state index contributed by atoms with van der Waals surface area (Å²) in [6.07, 6.45) is 0.391. The van der Waals surface area contributed by atoms with E-state index in [-0.39, 0.29) is 18.7 Å². The Labute approximate surface area is 142 Å². The second-order valence-corrected chi connectivity index (χ2v) is 6.06. The number of hydrogen-bond acceptors (Lipinski definition) is 4. The van der Waals surface area contributed by atoms with Gasteiger partial charge in [0, 0.05) is 6.54 Å². The fourth-order valence-corrected chi connectivity index (χ4v) is 2.77. The van der Waals surface area contributed by atoms with E-state index in [0.717, 1.165) is 22.6 Å². The van der Waals surface area contributed by atoms with E-state index < -0.39 is 0 Å². The number of fused-ring (bicyclic) bond motifs is 1. The molecule has 1 amide bonds. The third-order valence-electron chi connectivity index (χ3n) is 4.10. The van der Waals surface area contributed by atoms with E-state index in [1.165, 1.54) is 0 Å². The zero-order valence-electron chi connectivity index (χ0n) is 14.0. The van der Waals surface area contributed by atoms with Crippen molar-refractivity contribution >= 4 is 5.91 Å². The van der Waals surface area contributed by atoms with Gasteiger partial charge in [-0.2, -0.15) is 0 Å². The lowest BCUT2D eigenvalue weighted by atomic mass is 10.0. The van der Waals surface area contributed by atoms with E-state index in [2.05, 4.69) is 10.2 Å². The summed E-state index contributed by atoms with van der Waals surface area (Å²) in [5, 5.41) is 3.03. The lowest BCUT2D eigenvalue weighted by Gasteiger charge is -2.25. The Morgan fingerprint density at radius 1 is 1.12 bits per heavy atom. The number of carbonyl (C=O) groups excluding carboxylic acids is 1. The van der Waals surface area contributed by atoms with E-state index in [1.807, 2.05) is 62.6 Å². The first kappa shape index (κ1) is 16.3. The van der Waals surface area contributed by atoms with E-state index in [4.69, 9.17) is 9.47 Å². The minimum absolute atomic E-state index is 0.0220. The number of rotatable bonds is 6. The Bertz CT molecular complexity index is 701. The maximum atomic E-state index is 12.2. The highest BCUT2D eigenvalue weighted by atomic mass is 16.7. The summed E-state index contributed by atoms with van der Waals surface area (Å²) in [5.74, 6) is 1.55. The molecule has 1 N–H and O–H groups in total. The van der Waals surface area contributed by atoms with E-state index in [0.29, 0.717) is 13.0 Å². The van der Waals surface area contributed by atoms with E-state index in [1.54, 1.807) is 0 Å². The lowest BCUT2D eigenvalue weighted by molar-refractivity contribution is -0.120. The molecule has 2 aromatic rings. The van der Waals surface area contributed by atoms with Gasteiger partial charge in [0.25, 0.3) is 0 Å². The molecule has 0 bridgehead atoms. The number of nitrogens with one attached hydrogen (secondary N) is 1. The maximum Gasteiger partial charge on any atom is 0.231 e. The van der Waals surface area contributed by atoms with Crippen LogP contribution in [-0.2, 0) is 11.2 Å². The average Bonchev–Trinajstić information content (AvgIpc) is 3.03. The molecule has 126 valence electrons. The first-order valence-corrected chi connectivity index (χ1v) is 8.00. The predicted molar refractivity (Wildman–Crippen MR) is 92.1 cm³/mol. The summed E-state index contributed by atoms with van der Waals surface area (Å²) in [6, 6.07) is 15.7. The van der Waals surface area contributed by atoms with Gasteiger partial charge in [-0.05, 0) is 37.4 Å². The maximum absolute atomic E-state index is 12.2. The van der Waals surface area contributed by atoms with Gasteiger partial charge in [-0.3, -0.25) is 4.79 Å². The quantitative estimate of drug-likeness (QED) is 0.885. The number of carbonyl (C=O) groups is 1. The largest absolute Gasteiger partial charge is 0.454 e. The molecule has 3 rings (SSSR count). The molecular formula is C19H22N2O3. The summed E-state index contributed by atoms with van der Waals surface area (Å²) in [6.45, 7) is 0.803. The number of amides is 1. The Balaban J connectivity index is 1.63. The van der Waals surface area contributed by atoms with E-state index >= 15 is 0 Å². The van der Waals surface area contributed by atoms with Gasteiger partial charge in [0.15, 0.2) is 11.5 Å². The van der Waals surface area contributed by atoms with Gasteiger partial charge in [-0.15, -0.1) is 0 Å². The number of nitrogens with zero attached hydrogens (tertiary/aromatic N) is 1. The topological polar surface area (TPSA) is 50.8 Å². The molecule has 1 atom stereocenters. The molecule has 0 spiro atoms. The fraction of sp³-hybridized carbons (Fsp3) is 0.316. The molecule has 1 aliphatic heterocycles. The highest BCUT2D eigenvalue weighted by Crippen LogP contribution is 2.34. The molecule has 2 aromatic carbocycles. The van der Waals surface area contributed by atoms with Crippen LogP contribution in [-0.4, -0.2) is 38.2 Å². The van der Waals surface area contributed by atoms with Crippen molar-refractivity contribution < 1.29 is 14.3 Å². The van der Waals surface area contributed by atoms with Gasteiger partial charge in [0.1, 0.15) is 0 Å². The molecule has 1 aliphatic rings. The zero-order chi connectivity index (χ0) is 16.9. The number of ether oxygens (including phenoxy) is 2. The molecule has 5 nitrogen and oxygen atoms in total. The molecule has 0 aromatic heterocycles. The van der Waals surface area contributed by atoms with Crippen LogP contribution in [0.1, 0.15) is 17.2 Å². The smallest absolute Gasteiger partial charge is 0.231 e. The van der Waals surface area contributed by atoms with Crippen molar-refractivity contribution in [1.29, 1.82) is 0 Å². The normalized spacial score (nSPS) is 13.8. The fourth-order valence-electron chi connectivity index (χ4n) is 2.77. The van der Waals surface area contributed by atoms with Gasteiger partial charge < -0.3 is 19.7 Å². The third-order valence-corrected chi connectivity index (χ3v) is 4.10. The van der Waals surface area contributed by atoms with Gasteiger partial charge in [-0.1, -0.05) is 36.4 Å². The molecule has 1 heterocycles. The Morgan fingerprint density at radius 2 is 1.88 bits per heavy atom. The van der Waals surface area contributed by atoms with Crippen LogP contribution in [0.4, 0.5) is 0 Å². The molecule has 24 heavy (non-hydrogen) atoms. The van der Waals surface area contributed by atoms with Crippen molar-refractivity contribution in [1.82, 2.24) is 10.2 Å². The number of likely N-dealkylation sites (N-methyl/N-ethyl adjacent to an activating group) is 1. The van der Waals surface area contributed by atoms with Crippen molar-refractivity contribution in [3.05, 3.63) is 59.7 Å². The Morgan fingerprint density at radius 3 is 2.62 bits per heavy atom. The van der Waals surface area contributed by atoms with Crippen molar-refractivity contribution in [3.63, 3.8) is 0 Å². The molecule has 0 aliphatic carbocycles. The van der Waals surface area contributed by atoms with Gasteiger partial charge >= 0.3 is 0 Å². The highest BCUT2D eigenvalue weighted by molar-refractivity contribution is 5.78. The monoisotopic (exact) mass is 326 g/mol. The van der Waals surface area contributed by atoms with Crippen LogP contribution in [0.3, 0.4) is 0 Å². The van der Waals surface area contributed by atoms with Crippen LogP contribution in [0.5, 0.6) is 11.5 Å². The third kappa shape index (κ3) is 3.86. The Hall–Kier alpha value is -2.53. The Kier molecular flexibility index (Phi) is 5.01. The molecule has 0 fully saturated rings. The second-order valence-electron chi connectivity index (χ2n) is 6.06. The van der Waals surface area contributed by atoms with Gasteiger partial charge in [-0.25, -0.2) is 0 Å². The minimum Gasteiger partial charge on any atom is -0.454 e. The first-order valence-electron chi connectivity index (χ1n) is 8.00. The van der Waals surface area contributed by atoms with Crippen LogP contribution >= 0.6 is 0 Å². The summed E-state index contributed by atoms with van der Waals surface area (Å²) < 4.78 is 10.8. The summed E-state index contributed by atoms with van der Waals surface area (Å²) >= 11 is 0. The van der Waals surface area contributed by atoms with Gasteiger partial charge in [0.2, 0.25) is 12.7 Å². The van der Waals surface area contributed by atoms with Crippen molar-refractivity contribution in [2.45, 2.75) is 12.5 Å². The average molecular weight is 326 g/mol. The number of benzene rings is 2. The highest BCUT2D eigenvalue weighted by Gasteiger charge is 2.20. The summed E-state index contributed by atoms with van der Waals surface area (Å²) in [4.78, 5) is 14.3.